The highest BCUT2D eigenvalue weighted by Gasteiger charge is 2.46. The Morgan fingerprint density at radius 1 is 1.04 bits per heavy atom. The Balaban J connectivity index is 1.40. The third kappa shape index (κ3) is 3.68. The predicted octanol–water partition coefficient (Wildman–Crippen LogP) is 4.25. The van der Waals surface area contributed by atoms with Crippen molar-refractivity contribution in [2.24, 2.45) is 0 Å². The molecule has 0 aliphatic carbocycles. The number of likely N-dealkylation sites (tertiary alicyclic amines) is 2. The Bertz CT molecular complexity index is 913. The topological polar surface area (TPSA) is 40.6 Å². The number of hydrogen-bond acceptors (Lipinski definition) is 4. The summed E-state index contributed by atoms with van der Waals surface area (Å²) in [4.78, 5) is 27.8. The number of fused-ring (bicyclic) bond motifs is 2. The number of nitrogens with zero attached hydrogens (tertiary/aromatic N) is 2. The minimum absolute atomic E-state index is 0.0358. The van der Waals surface area contributed by atoms with Gasteiger partial charge in [0.25, 0.3) is 11.7 Å². The molecule has 0 spiro atoms. The van der Waals surface area contributed by atoms with Gasteiger partial charge in [-0.15, -0.1) is 11.3 Å². The van der Waals surface area contributed by atoms with Crippen molar-refractivity contribution < 1.29 is 22.8 Å². The van der Waals surface area contributed by atoms with E-state index in [2.05, 4.69) is 4.90 Å². The number of Topliss-reactive ketones (excluding diaryl/α,β-unsaturated/α-hetero) is 1. The maximum Gasteiger partial charge on any atom is 0.455 e. The van der Waals surface area contributed by atoms with E-state index in [0.717, 1.165) is 31.1 Å². The molecule has 0 saturated carbocycles. The fourth-order valence-electron chi connectivity index (χ4n) is 3.87. The van der Waals surface area contributed by atoms with Crippen LogP contribution in [-0.4, -0.2) is 52.8 Å². The number of piperazine rings is 1. The van der Waals surface area contributed by atoms with Crippen LogP contribution in [0.25, 0.3) is 0 Å². The van der Waals surface area contributed by atoms with Gasteiger partial charge < -0.3 is 4.90 Å². The van der Waals surface area contributed by atoms with Crippen LogP contribution in [-0.2, 0) is 6.54 Å². The first kappa shape index (κ1) is 19.4. The van der Waals surface area contributed by atoms with Crippen LogP contribution in [0.3, 0.4) is 0 Å². The molecule has 148 valence electrons. The number of carbonyl (C=O) groups excluding carboxylic acids is 2. The largest absolute Gasteiger partial charge is 0.455 e. The second kappa shape index (κ2) is 7.17. The van der Waals surface area contributed by atoms with Gasteiger partial charge in [-0.3, -0.25) is 14.5 Å². The van der Waals surface area contributed by atoms with Crippen molar-refractivity contribution >= 4 is 34.6 Å². The maximum absolute atomic E-state index is 12.7. The van der Waals surface area contributed by atoms with Gasteiger partial charge >= 0.3 is 6.18 Å². The molecular weight excluding hydrogens is 413 g/mol. The lowest BCUT2D eigenvalue weighted by molar-refractivity contribution is -0.0882. The summed E-state index contributed by atoms with van der Waals surface area (Å²) in [7, 11) is 0. The molecule has 3 heterocycles. The van der Waals surface area contributed by atoms with E-state index in [0.29, 0.717) is 22.9 Å². The van der Waals surface area contributed by atoms with Crippen molar-refractivity contribution in [3.63, 3.8) is 0 Å². The average Bonchev–Trinajstić information content (AvgIpc) is 3.37. The van der Waals surface area contributed by atoms with Crippen molar-refractivity contribution in [3.8, 4) is 0 Å². The zero-order valence-corrected chi connectivity index (χ0v) is 16.2. The fraction of sp³-hybridized carbons (Fsp3) is 0.368. The monoisotopic (exact) mass is 428 g/mol. The van der Waals surface area contributed by atoms with Gasteiger partial charge in [-0.25, -0.2) is 0 Å². The first-order chi connectivity index (χ1) is 13.2. The zero-order chi connectivity index (χ0) is 20.1. The Morgan fingerprint density at radius 3 is 2.32 bits per heavy atom. The molecule has 0 N–H and O–H groups in total. The first-order valence-corrected chi connectivity index (χ1v) is 9.92. The highest BCUT2D eigenvalue weighted by molar-refractivity contribution is 7.16. The quantitative estimate of drug-likeness (QED) is 0.684. The summed E-state index contributed by atoms with van der Waals surface area (Å²) in [6.07, 6.45) is -4.08. The van der Waals surface area contributed by atoms with E-state index in [9.17, 15) is 22.8 Å². The van der Waals surface area contributed by atoms with E-state index >= 15 is 0 Å². The van der Waals surface area contributed by atoms with Gasteiger partial charge in [0.15, 0.2) is 0 Å². The number of halogens is 4. The summed E-state index contributed by atoms with van der Waals surface area (Å²) in [6, 6.07) is 10.3. The maximum atomic E-state index is 12.7. The van der Waals surface area contributed by atoms with E-state index in [4.69, 9.17) is 11.6 Å². The number of benzene rings is 1. The van der Waals surface area contributed by atoms with Crippen molar-refractivity contribution in [2.75, 3.05) is 13.1 Å². The fourth-order valence-corrected chi connectivity index (χ4v) is 4.92. The average molecular weight is 429 g/mol. The standard InChI is InChI=1S/C19H16ClF3N2O2S/c20-12-3-1-11(2-4-12)8-24-9-14-7-13(24)10-25(14)18(27)16-6-5-15(28-16)17(26)19(21,22)23/h1-6,13-14H,7-10H2/t13-,14-/m0/s1. The van der Waals surface area contributed by atoms with Crippen molar-refractivity contribution in [3.05, 3.63) is 56.7 Å². The molecular formula is C19H16ClF3N2O2S. The highest BCUT2D eigenvalue weighted by atomic mass is 35.5. The van der Waals surface area contributed by atoms with Crippen LogP contribution < -0.4 is 0 Å². The van der Waals surface area contributed by atoms with Crippen molar-refractivity contribution in [2.45, 2.75) is 31.2 Å². The van der Waals surface area contributed by atoms with Crippen molar-refractivity contribution in [1.82, 2.24) is 9.80 Å². The molecule has 2 bridgehead atoms. The molecule has 2 fully saturated rings. The molecule has 2 aliphatic rings. The van der Waals surface area contributed by atoms with Gasteiger partial charge in [-0.2, -0.15) is 13.2 Å². The Kier molecular flexibility index (Phi) is 4.97. The molecule has 9 heteroatoms. The predicted molar refractivity (Wildman–Crippen MR) is 99.8 cm³/mol. The molecule has 4 rings (SSSR count). The zero-order valence-electron chi connectivity index (χ0n) is 14.6. The minimum Gasteiger partial charge on any atom is -0.332 e. The SMILES string of the molecule is O=C(c1ccc(C(=O)C(F)(F)F)s1)N1C[C@@H]2C[C@H]1CN2Cc1ccc(Cl)cc1. The van der Waals surface area contributed by atoms with Gasteiger partial charge in [0.2, 0.25) is 0 Å². The number of amides is 1. The smallest absolute Gasteiger partial charge is 0.332 e. The Morgan fingerprint density at radius 2 is 1.71 bits per heavy atom. The number of hydrogen-bond donors (Lipinski definition) is 0. The molecule has 2 aromatic rings. The summed E-state index contributed by atoms with van der Waals surface area (Å²) < 4.78 is 37.7. The Labute approximate surface area is 168 Å². The second-order valence-corrected chi connectivity index (χ2v) is 8.57. The lowest BCUT2D eigenvalue weighted by atomic mass is 10.2. The van der Waals surface area contributed by atoms with E-state index < -0.39 is 16.8 Å². The number of thiophene rings is 1. The summed E-state index contributed by atoms with van der Waals surface area (Å²) in [5, 5.41) is 0.683. The third-order valence-corrected chi connectivity index (χ3v) is 6.54. The number of ketones is 1. The van der Waals surface area contributed by atoms with E-state index in [1.807, 2.05) is 24.3 Å². The molecule has 0 radical (unpaired) electrons. The highest BCUT2D eigenvalue weighted by Crippen LogP contribution is 2.34. The molecule has 2 atom stereocenters. The van der Waals surface area contributed by atoms with Gasteiger partial charge in [0.05, 0.1) is 9.75 Å². The molecule has 0 unspecified atom stereocenters. The molecule has 4 nitrogen and oxygen atoms in total. The van der Waals surface area contributed by atoms with Gasteiger partial charge in [-0.05, 0) is 36.2 Å². The minimum atomic E-state index is -4.93. The van der Waals surface area contributed by atoms with E-state index in [1.165, 1.54) is 6.07 Å². The van der Waals surface area contributed by atoms with Crippen LogP contribution in [0.15, 0.2) is 36.4 Å². The molecule has 2 aliphatic heterocycles. The van der Waals surface area contributed by atoms with Crippen LogP contribution in [0.4, 0.5) is 13.2 Å². The van der Waals surface area contributed by atoms with Crippen LogP contribution in [0.5, 0.6) is 0 Å². The van der Waals surface area contributed by atoms with Crippen LogP contribution in [0, 0.1) is 0 Å². The number of carbonyl (C=O) groups is 2. The van der Waals surface area contributed by atoms with E-state index in [1.54, 1.807) is 4.90 Å². The van der Waals surface area contributed by atoms with Gasteiger partial charge in [-0.1, -0.05) is 23.7 Å². The van der Waals surface area contributed by atoms with E-state index in [-0.39, 0.29) is 22.9 Å². The molecule has 28 heavy (non-hydrogen) atoms. The Hall–Kier alpha value is -1.90. The van der Waals surface area contributed by atoms with Crippen LogP contribution >= 0.6 is 22.9 Å². The van der Waals surface area contributed by atoms with Crippen molar-refractivity contribution in [1.29, 1.82) is 0 Å². The van der Waals surface area contributed by atoms with Crippen LogP contribution in [0.1, 0.15) is 31.3 Å². The van der Waals surface area contributed by atoms with Gasteiger partial charge in [0.1, 0.15) is 0 Å². The summed E-state index contributed by atoms with van der Waals surface area (Å²) in [6.45, 7) is 2.03. The summed E-state index contributed by atoms with van der Waals surface area (Å²) in [5.41, 5.74) is 1.14. The summed E-state index contributed by atoms with van der Waals surface area (Å²) >= 11 is 6.52. The second-order valence-electron chi connectivity index (χ2n) is 7.05. The lowest BCUT2D eigenvalue weighted by Crippen LogP contribution is -2.48. The molecule has 1 aromatic carbocycles. The number of rotatable bonds is 4. The van der Waals surface area contributed by atoms with Crippen LogP contribution in [0.2, 0.25) is 5.02 Å². The first-order valence-electron chi connectivity index (χ1n) is 8.73. The molecule has 1 amide bonds. The van der Waals surface area contributed by atoms with Gasteiger partial charge in [0, 0.05) is 36.7 Å². The summed E-state index contributed by atoms with van der Waals surface area (Å²) in [5.74, 6) is -2.21. The number of alkyl halides is 3. The normalized spacial score (nSPS) is 22.1. The third-order valence-electron chi connectivity index (χ3n) is 5.21. The lowest BCUT2D eigenvalue weighted by Gasteiger charge is -2.34. The molecule has 2 saturated heterocycles. The molecule has 1 aromatic heterocycles.